The number of rotatable bonds is 6. The van der Waals surface area contributed by atoms with Gasteiger partial charge >= 0.3 is 0 Å². The van der Waals surface area contributed by atoms with Crippen LogP contribution in [0.15, 0.2) is 113 Å². The van der Waals surface area contributed by atoms with Crippen LogP contribution < -0.4 is 0 Å². The predicted molar refractivity (Wildman–Crippen MR) is 134 cm³/mol. The van der Waals surface area contributed by atoms with Crippen LogP contribution in [0.5, 0.6) is 0 Å². The van der Waals surface area contributed by atoms with Crippen molar-refractivity contribution in [2.75, 3.05) is 0 Å². The van der Waals surface area contributed by atoms with Gasteiger partial charge in [0.05, 0.1) is 15.4 Å². The van der Waals surface area contributed by atoms with Crippen molar-refractivity contribution in [3.63, 3.8) is 0 Å². The first-order valence-corrected chi connectivity index (χ1v) is 12.0. The first-order chi connectivity index (χ1) is 15.2. The Hall–Kier alpha value is -2.43. The zero-order valence-corrected chi connectivity index (χ0v) is 20.1. The predicted octanol–water partition coefficient (Wildman–Crippen LogP) is 7.46. The molecule has 0 amide bonds. The van der Waals surface area contributed by atoms with Gasteiger partial charge < -0.3 is 4.57 Å². The van der Waals surface area contributed by atoms with Crippen molar-refractivity contribution in [3.05, 3.63) is 135 Å². The third-order valence-electron chi connectivity index (χ3n) is 6.12. The SMILES string of the molecule is BrC(Br)=C[C@@H]1C[C@H]1c1cn(C(c2ccccc2)(c2ccccc2)c2ccccc2)cn1. The number of hydrogen-bond donors (Lipinski definition) is 0. The van der Waals surface area contributed by atoms with Crippen LogP contribution in [0.25, 0.3) is 0 Å². The van der Waals surface area contributed by atoms with Crippen LogP contribution >= 0.6 is 31.9 Å². The van der Waals surface area contributed by atoms with Crippen LogP contribution in [0, 0.1) is 5.92 Å². The number of hydrogen-bond acceptors (Lipinski definition) is 1. The van der Waals surface area contributed by atoms with Crippen molar-refractivity contribution < 1.29 is 0 Å². The molecule has 1 heterocycles. The molecule has 0 saturated heterocycles. The van der Waals surface area contributed by atoms with Gasteiger partial charge in [-0.1, -0.05) is 97.1 Å². The second-order valence-corrected chi connectivity index (χ2v) is 10.7. The molecule has 154 valence electrons. The van der Waals surface area contributed by atoms with Gasteiger partial charge in [-0.15, -0.1) is 0 Å². The first kappa shape index (κ1) is 20.5. The van der Waals surface area contributed by atoms with E-state index in [4.69, 9.17) is 4.98 Å². The molecule has 0 N–H and O–H groups in total. The third-order valence-corrected chi connectivity index (χ3v) is 6.65. The van der Waals surface area contributed by atoms with Crippen molar-refractivity contribution in [3.8, 4) is 0 Å². The molecule has 31 heavy (non-hydrogen) atoms. The van der Waals surface area contributed by atoms with Gasteiger partial charge in [0.1, 0.15) is 5.54 Å². The van der Waals surface area contributed by atoms with E-state index in [0.29, 0.717) is 11.8 Å². The quantitative estimate of drug-likeness (QED) is 0.235. The molecule has 0 aliphatic heterocycles. The monoisotopic (exact) mass is 532 g/mol. The highest BCUT2D eigenvalue weighted by molar-refractivity contribution is 9.28. The topological polar surface area (TPSA) is 17.8 Å². The average molecular weight is 534 g/mol. The number of imidazole rings is 1. The third kappa shape index (κ3) is 3.83. The molecule has 4 heteroatoms. The first-order valence-electron chi connectivity index (χ1n) is 10.4. The maximum Gasteiger partial charge on any atom is 0.121 e. The van der Waals surface area contributed by atoms with Gasteiger partial charge in [-0.05, 0) is 60.9 Å². The summed E-state index contributed by atoms with van der Waals surface area (Å²) in [7, 11) is 0. The zero-order chi connectivity index (χ0) is 21.3. The molecule has 0 spiro atoms. The Morgan fingerprint density at radius 1 is 0.806 bits per heavy atom. The highest BCUT2D eigenvalue weighted by atomic mass is 79.9. The number of halogens is 2. The summed E-state index contributed by atoms with van der Waals surface area (Å²) in [6, 6.07) is 32.2. The summed E-state index contributed by atoms with van der Waals surface area (Å²) in [5.74, 6) is 0.989. The fourth-order valence-electron chi connectivity index (χ4n) is 4.60. The van der Waals surface area contributed by atoms with Gasteiger partial charge in [-0.2, -0.15) is 0 Å². The average Bonchev–Trinajstić information content (AvgIpc) is 3.38. The van der Waals surface area contributed by atoms with E-state index >= 15 is 0 Å². The van der Waals surface area contributed by atoms with E-state index in [2.05, 4.69) is 140 Å². The van der Waals surface area contributed by atoms with Crippen LogP contribution in [-0.2, 0) is 5.54 Å². The van der Waals surface area contributed by atoms with Gasteiger partial charge in [0, 0.05) is 12.1 Å². The Labute approximate surface area is 199 Å². The normalized spacial score (nSPS) is 17.9. The minimum absolute atomic E-state index is 0.464. The van der Waals surface area contributed by atoms with Crippen LogP contribution in [0.2, 0.25) is 0 Å². The number of nitrogens with zero attached hydrogens (tertiary/aromatic N) is 2. The highest BCUT2D eigenvalue weighted by Crippen LogP contribution is 2.50. The standard InChI is InChI=1S/C27H22Br2N2/c28-26(29)17-20-16-24(20)25-18-31(19-30-25)27(21-10-4-1-5-11-21,22-12-6-2-7-13-22)23-14-8-3-9-15-23/h1-15,17-20,24H,16H2/t20-,24+/m0/s1. The summed E-state index contributed by atoms with van der Waals surface area (Å²) in [5, 5.41) is 0. The molecule has 1 aliphatic carbocycles. The maximum absolute atomic E-state index is 4.88. The molecular weight excluding hydrogens is 512 g/mol. The minimum atomic E-state index is -0.495. The highest BCUT2D eigenvalue weighted by Gasteiger charge is 2.42. The fourth-order valence-corrected chi connectivity index (χ4v) is 5.28. The second-order valence-electron chi connectivity index (χ2n) is 7.98. The van der Waals surface area contributed by atoms with Gasteiger partial charge in [0.25, 0.3) is 0 Å². The van der Waals surface area contributed by atoms with Crippen molar-refractivity contribution in [1.29, 1.82) is 0 Å². The summed E-state index contributed by atoms with van der Waals surface area (Å²) >= 11 is 6.99. The molecule has 0 radical (unpaired) electrons. The molecule has 0 bridgehead atoms. The van der Waals surface area contributed by atoms with E-state index in [1.807, 2.05) is 6.33 Å². The van der Waals surface area contributed by atoms with Crippen molar-refractivity contribution in [2.24, 2.45) is 5.92 Å². The van der Waals surface area contributed by atoms with E-state index in [9.17, 15) is 0 Å². The largest absolute Gasteiger partial charge is 0.319 e. The van der Waals surface area contributed by atoms with Gasteiger partial charge in [-0.3, -0.25) is 0 Å². The second kappa shape index (κ2) is 8.60. The molecule has 0 unspecified atom stereocenters. The Morgan fingerprint density at radius 2 is 1.29 bits per heavy atom. The fraction of sp³-hybridized carbons (Fsp3) is 0.148. The Kier molecular flexibility index (Phi) is 5.68. The van der Waals surface area contributed by atoms with Crippen LogP contribution in [0.3, 0.4) is 0 Å². The number of allylic oxidation sites excluding steroid dienone is 1. The van der Waals surface area contributed by atoms with Crippen LogP contribution in [-0.4, -0.2) is 9.55 Å². The van der Waals surface area contributed by atoms with Crippen molar-refractivity contribution >= 4 is 31.9 Å². The summed E-state index contributed by atoms with van der Waals surface area (Å²) in [6.07, 6.45) is 7.60. The van der Waals surface area contributed by atoms with Gasteiger partial charge in [0.2, 0.25) is 0 Å². The lowest BCUT2D eigenvalue weighted by atomic mass is 9.77. The van der Waals surface area contributed by atoms with Gasteiger partial charge in [0.15, 0.2) is 0 Å². The van der Waals surface area contributed by atoms with E-state index in [1.54, 1.807) is 0 Å². The number of aromatic nitrogens is 2. The van der Waals surface area contributed by atoms with Crippen molar-refractivity contribution in [2.45, 2.75) is 17.9 Å². The lowest BCUT2D eigenvalue weighted by Gasteiger charge is -2.37. The summed E-state index contributed by atoms with van der Waals surface area (Å²) in [6.45, 7) is 0. The molecule has 4 aromatic rings. The lowest BCUT2D eigenvalue weighted by Crippen LogP contribution is -2.36. The zero-order valence-electron chi connectivity index (χ0n) is 16.9. The van der Waals surface area contributed by atoms with E-state index < -0.39 is 5.54 Å². The summed E-state index contributed by atoms with van der Waals surface area (Å²) < 4.78 is 3.31. The number of benzene rings is 3. The van der Waals surface area contributed by atoms with E-state index in [-0.39, 0.29) is 0 Å². The van der Waals surface area contributed by atoms with Crippen LogP contribution in [0.4, 0.5) is 0 Å². The molecule has 1 fully saturated rings. The molecule has 1 aromatic heterocycles. The molecule has 2 atom stereocenters. The Morgan fingerprint density at radius 3 is 1.74 bits per heavy atom. The Balaban J connectivity index is 1.71. The Bertz CT molecular complexity index is 1080. The summed E-state index contributed by atoms with van der Waals surface area (Å²) in [5.41, 5.74) is 4.30. The van der Waals surface area contributed by atoms with Gasteiger partial charge in [-0.25, -0.2) is 4.98 Å². The van der Waals surface area contributed by atoms with E-state index in [0.717, 1.165) is 15.5 Å². The molecule has 2 nitrogen and oxygen atoms in total. The van der Waals surface area contributed by atoms with E-state index in [1.165, 1.54) is 16.7 Å². The molecule has 5 rings (SSSR count). The minimum Gasteiger partial charge on any atom is -0.319 e. The molecule has 3 aromatic carbocycles. The van der Waals surface area contributed by atoms with Crippen LogP contribution in [0.1, 0.15) is 34.7 Å². The summed E-state index contributed by atoms with van der Waals surface area (Å²) in [4.78, 5) is 4.88. The lowest BCUT2D eigenvalue weighted by molar-refractivity contribution is 0.514. The van der Waals surface area contributed by atoms with Crippen molar-refractivity contribution in [1.82, 2.24) is 9.55 Å². The molecular formula is C27H22Br2N2. The molecule has 1 aliphatic rings. The molecule has 1 saturated carbocycles. The maximum atomic E-state index is 4.88. The smallest absolute Gasteiger partial charge is 0.121 e.